The summed E-state index contributed by atoms with van der Waals surface area (Å²) in [5.41, 5.74) is 7.97. The van der Waals surface area contributed by atoms with Crippen LogP contribution in [0.2, 0.25) is 0 Å². The number of aryl methyl sites for hydroxylation is 2. The molecule has 8 nitrogen and oxygen atoms in total. The van der Waals surface area contributed by atoms with E-state index >= 15 is 0 Å². The van der Waals surface area contributed by atoms with Crippen molar-refractivity contribution in [3.05, 3.63) is 30.0 Å². The predicted octanol–water partition coefficient (Wildman–Crippen LogP) is 2.11. The average molecular weight is 363 g/mol. The van der Waals surface area contributed by atoms with Crippen LogP contribution in [0.25, 0.3) is 17.2 Å². The third-order valence-corrected chi connectivity index (χ3v) is 4.85. The second-order valence-corrected chi connectivity index (χ2v) is 6.54. The third kappa shape index (κ3) is 3.19. The number of nitrogens with zero attached hydrogens (tertiary/aromatic N) is 6. The van der Waals surface area contributed by atoms with E-state index in [1.165, 1.54) is 0 Å². The standard InChI is InChI=1S/C16H22N8.ClH/c1-10-13(9-18-21-10)15-20-16(11-3-5-12(17)6-4-11)24(22-15)14-7-8-19-23(14)2;/h7-9,11-12H,3-6,17H2,1-2H3,(H,18,21);1H. The van der Waals surface area contributed by atoms with Crippen LogP contribution in [-0.4, -0.2) is 40.8 Å². The van der Waals surface area contributed by atoms with Gasteiger partial charge in [-0.15, -0.1) is 17.5 Å². The Morgan fingerprint density at radius 3 is 2.60 bits per heavy atom. The largest absolute Gasteiger partial charge is 0.328 e. The van der Waals surface area contributed by atoms with Gasteiger partial charge in [0.15, 0.2) is 11.6 Å². The van der Waals surface area contributed by atoms with Crippen LogP contribution >= 0.6 is 12.4 Å². The topological polar surface area (TPSA) is 103 Å². The molecule has 1 aliphatic rings. The Morgan fingerprint density at radius 2 is 2.00 bits per heavy atom. The SMILES string of the molecule is Cc1[nH]ncc1-c1nc(C2CCC(N)CC2)n(-c2ccnn2C)n1.Cl. The van der Waals surface area contributed by atoms with Crippen LogP contribution in [0.15, 0.2) is 18.5 Å². The summed E-state index contributed by atoms with van der Waals surface area (Å²) in [6.45, 7) is 1.98. The highest BCUT2D eigenvalue weighted by atomic mass is 35.5. The lowest BCUT2D eigenvalue weighted by atomic mass is 9.86. The van der Waals surface area contributed by atoms with Crippen LogP contribution in [0.3, 0.4) is 0 Å². The molecule has 3 aromatic rings. The number of aromatic nitrogens is 7. The highest BCUT2D eigenvalue weighted by Crippen LogP contribution is 2.33. The Labute approximate surface area is 152 Å². The number of H-pyrrole nitrogens is 1. The molecule has 0 spiro atoms. The quantitative estimate of drug-likeness (QED) is 0.742. The van der Waals surface area contributed by atoms with Crippen LogP contribution in [0.4, 0.5) is 0 Å². The Kier molecular flexibility index (Phi) is 4.91. The van der Waals surface area contributed by atoms with Crippen LogP contribution in [-0.2, 0) is 7.05 Å². The second kappa shape index (κ2) is 6.97. The normalized spacial score (nSPS) is 20.4. The van der Waals surface area contributed by atoms with Gasteiger partial charge in [0.05, 0.1) is 18.0 Å². The molecule has 1 saturated carbocycles. The van der Waals surface area contributed by atoms with Gasteiger partial charge in [0, 0.05) is 30.8 Å². The first-order valence-electron chi connectivity index (χ1n) is 8.34. The first kappa shape index (κ1) is 17.6. The van der Waals surface area contributed by atoms with E-state index in [0.717, 1.165) is 48.6 Å². The van der Waals surface area contributed by atoms with Crippen molar-refractivity contribution in [3.8, 4) is 17.2 Å². The minimum Gasteiger partial charge on any atom is -0.328 e. The van der Waals surface area contributed by atoms with Gasteiger partial charge in [0.25, 0.3) is 0 Å². The molecule has 25 heavy (non-hydrogen) atoms. The minimum absolute atomic E-state index is 0. The van der Waals surface area contributed by atoms with Crippen molar-refractivity contribution in [2.45, 2.75) is 44.6 Å². The van der Waals surface area contributed by atoms with E-state index in [9.17, 15) is 0 Å². The summed E-state index contributed by atoms with van der Waals surface area (Å²) in [4.78, 5) is 4.87. The summed E-state index contributed by atoms with van der Waals surface area (Å²) in [6, 6.07) is 2.27. The molecule has 0 aromatic carbocycles. The Balaban J connectivity index is 0.00000182. The van der Waals surface area contributed by atoms with Crippen LogP contribution in [0.1, 0.15) is 43.1 Å². The van der Waals surface area contributed by atoms with Gasteiger partial charge in [0.1, 0.15) is 5.82 Å². The Morgan fingerprint density at radius 1 is 1.24 bits per heavy atom. The molecule has 3 heterocycles. The van der Waals surface area contributed by atoms with Gasteiger partial charge in [-0.3, -0.25) is 9.78 Å². The van der Waals surface area contributed by atoms with E-state index in [1.54, 1.807) is 12.4 Å². The zero-order chi connectivity index (χ0) is 16.7. The molecule has 3 aromatic heterocycles. The van der Waals surface area contributed by atoms with Gasteiger partial charge in [0.2, 0.25) is 0 Å². The van der Waals surface area contributed by atoms with Crippen molar-refractivity contribution < 1.29 is 0 Å². The van der Waals surface area contributed by atoms with Gasteiger partial charge >= 0.3 is 0 Å². The van der Waals surface area contributed by atoms with E-state index in [1.807, 2.05) is 29.4 Å². The lowest BCUT2D eigenvalue weighted by molar-refractivity contribution is 0.379. The summed E-state index contributed by atoms with van der Waals surface area (Å²) < 4.78 is 3.75. The number of hydrogen-bond acceptors (Lipinski definition) is 5. The number of nitrogens with two attached hydrogens (primary N) is 1. The molecule has 0 atom stereocenters. The predicted molar refractivity (Wildman–Crippen MR) is 96.9 cm³/mol. The maximum Gasteiger partial charge on any atom is 0.185 e. The van der Waals surface area contributed by atoms with Crippen molar-refractivity contribution in [2.75, 3.05) is 0 Å². The molecule has 0 bridgehead atoms. The zero-order valence-corrected chi connectivity index (χ0v) is 15.2. The lowest BCUT2D eigenvalue weighted by Crippen LogP contribution is -2.27. The number of halogens is 1. The molecular weight excluding hydrogens is 340 g/mol. The Bertz CT molecular complexity index is 840. The zero-order valence-electron chi connectivity index (χ0n) is 14.4. The highest BCUT2D eigenvalue weighted by Gasteiger charge is 2.27. The number of nitrogens with one attached hydrogen (secondary N) is 1. The van der Waals surface area contributed by atoms with E-state index < -0.39 is 0 Å². The second-order valence-electron chi connectivity index (χ2n) is 6.54. The number of hydrogen-bond donors (Lipinski definition) is 2. The summed E-state index contributed by atoms with van der Waals surface area (Å²) in [5, 5.41) is 16.1. The summed E-state index contributed by atoms with van der Waals surface area (Å²) in [5.74, 6) is 2.97. The molecule has 0 unspecified atom stereocenters. The molecule has 3 N–H and O–H groups in total. The first-order chi connectivity index (χ1) is 11.6. The molecule has 0 aliphatic heterocycles. The first-order valence-corrected chi connectivity index (χ1v) is 8.34. The van der Waals surface area contributed by atoms with Crippen molar-refractivity contribution in [1.29, 1.82) is 0 Å². The van der Waals surface area contributed by atoms with Gasteiger partial charge in [-0.25, -0.2) is 4.98 Å². The van der Waals surface area contributed by atoms with Crippen molar-refractivity contribution in [1.82, 2.24) is 34.7 Å². The molecule has 0 saturated heterocycles. The minimum atomic E-state index is 0. The third-order valence-electron chi connectivity index (χ3n) is 4.85. The van der Waals surface area contributed by atoms with Gasteiger partial charge < -0.3 is 5.73 Å². The van der Waals surface area contributed by atoms with Crippen molar-refractivity contribution in [3.63, 3.8) is 0 Å². The maximum atomic E-state index is 6.06. The van der Waals surface area contributed by atoms with Crippen LogP contribution < -0.4 is 5.73 Å². The van der Waals surface area contributed by atoms with Crippen LogP contribution in [0, 0.1) is 6.92 Å². The van der Waals surface area contributed by atoms with Crippen molar-refractivity contribution in [2.24, 2.45) is 12.8 Å². The molecular formula is C16H23ClN8. The fraction of sp³-hybridized carbons (Fsp3) is 0.500. The molecule has 0 amide bonds. The fourth-order valence-electron chi connectivity index (χ4n) is 3.40. The number of aromatic amines is 1. The van der Waals surface area contributed by atoms with Gasteiger partial charge in [-0.2, -0.15) is 14.9 Å². The lowest BCUT2D eigenvalue weighted by Gasteiger charge is -2.25. The molecule has 134 valence electrons. The van der Waals surface area contributed by atoms with E-state index in [0.29, 0.717) is 17.8 Å². The summed E-state index contributed by atoms with van der Waals surface area (Å²) >= 11 is 0. The number of rotatable bonds is 3. The van der Waals surface area contributed by atoms with Gasteiger partial charge in [-0.05, 0) is 32.6 Å². The molecule has 9 heteroatoms. The van der Waals surface area contributed by atoms with Crippen LogP contribution in [0.5, 0.6) is 0 Å². The van der Waals surface area contributed by atoms with E-state index in [4.69, 9.17) is 15.8 Å². The smallest absolute Gasteiger partial charge is 0.185 e. The molecule has 1 aliphatic carbocycles. The molecule has 0 radical (unpaired) electrons. The maximum absolute atomic E-state index is 6.06. The Hall–Kier alpha value is -2.19. The summed E-state index contributed by atoms with van der Waals surface area (Å²) in [7, 11) is 1.92. The molecule has 4 rings (SSSR count). The highest BCUT2D eigenvalue weighted by molar-refractivity contribution is 5.85. The monoisotopic (exact) mass is 362 g/mol. The van der Waals surface area contributed by atoms with Gasteiger partial charge in [-0.1, -0.05) is 0 Å². The summed E-state index contributed by atoms with van der Waals surface area (Å²) in [6.07, 6.45) is 7.70. The van der Waals surface area contributed by atoms with E-state index in [2.05, 4.69) is 15.3 Å². The fourth-order valence-corrected chi connectivity index (χ4v) is 3.40. The van der Waals surface area contributed by atoms with E-state index in [-0.39, 0.29) is 12.4 Å². The molecule has 1 fully saturated rings. The van der Waals surface area contributed by atoms with Crippen molar-refractivity contribution >= 4 is 12.4 Å². The average Bonchev–Trinajstić information content (AvgIpc) is 3.27.